The number of nitrogens with one attached hydrogen (secondary N) is 2. The van der Waals surface area contributed by atoms with Crippen LogP contribution in [0.2, 0.25) is 10.0 Å². The average Bonchev–Trinajstić information content (AvgIpc) is 2.75. The van der Waals surface area contributed by atoms with Gasteiger partial charge in [-0.05, 0) is 32.2 Å². The summed E-state index contributed by atoms with van der Waals surface area (Å²) in [5.41, 5.74) is 0.261. The summed E-state index contributed by atoms with van der Waals surface area (Å²) in [6.07, 6.45) is 0. The van der Waals surface area contributed by atoms with Crippen molar-refractivity contribution in [3.8, 4) is 0 Å². The van der Waals surface area contributed by atoms with Crippen LogP contribution in [-0.2, 0) is 16.6 Å². The van der Waals surface area contributed by atoms with Crippen molar-refractivity contribution < 1.29 is 12.8 Å². The number of furan rings is 1. The number of halogens is 2. The molecule has 0 bridgehead atoms. The summed E-state index contributed by atoms with van der Waals surface area (Å²) in [6, 6.07) is 6.01. The summed E-state index contributed by atoms with van der Waals surface area (Å²) >= 11 is 11.8. The normalized spacial score (nSPS) is 11.6. The van der Waals surface area contributed by atoms with Crippen molar-refractivity contribution >= 4 is 38.9 Å². The highest BCUT2D eigenvalue weighted by atomic mass is 35.5. The predicted octanol–water partition coefficient (Wildman–Crippen LogP) is 3.42. The monoisotopic (exact) mass is 348 g/mol. The molecule has 1 aromatic heterocycles. The van der Waals surface area contributed by atoms with E-state index in [1.54, 1.807) is 20.0 Å². The van der Waals surface area contributed by atoms with Gasteiger partial charge in [-0.1, -0.05) is 23.2 Å². The van der Waals surface area contributed by atoms with E-state index in [2.05, 4.69) is 10.0 Å². The second kappa shape index (κ2) is 6.27. The Morgan fingerprint density at radius 3 is 2.57 bits per heavy atom. The zero-order valence-corrected chi connectivity index (χ0v) is 13.7. The van der Waals surface area contributed by atoms with Gasteiger partial charge in [0.2, 0.25) is 0 Å². The van der Waals surface area contributed by atoms with Gasteiger partial charge in [0, 0.05) is 11.1 Å². The Morgan fingerprint density at radius 2 is 1.95 bits per heavy atom. The zero-order valence-electron chi connectivity index (χ0n) is 11.4. The van der Waals surface area contributed by atoms with E-state index < -0.39 is 10.0 Å². The SMILES string of the molecule is CNCc1cc(S(=O)(=O)Nc2ccc(Cl)cc2Cl)c(C)o1. The first-order valence-corrected chi connectivity index (χ1v) is 8.29. The Bertz CT molecular complexity index is 757. The summed E-state index contributed by atoms with van der Waals surface area (Å²) in [7, 11) is -2.03. The standard InChI is InChI=1S/C13H14Cl2N2O3S/c1-8-13(6-10(20-8)7-16-2)21(18,19)17-12-4-3-9(14)5-11(12)15/h3-6,16-17H,7H2,1-2H3. The van der Waals surface area contributed by atoms with Crippen LogP contribution in [0.5, 0.6) is 0 Å². The molecule has 0 unspecified atom stereocenters. The van der Waals surface area contributed by atoms with Crippen LogP contribution in [0.1, 0.15) is 11.5 Å². The minimum Gasteiger partial charge on any atom is -0.464 e. The molecular formula is C13H14Cl2N2O3S. The molecule has 0 amide bonds. The largest absolute Gasteiger partial charge is 0.464 e. The fourth-order valence-electron chi connectivity index (χ4n) is 1.82. The number of anilines is 1. The van der Waals surface area contributed by atoms with E-state index in [0.29, 0.717) is 23.1 Å². The topological polar surface area (TPSA) is 71.3 Å². The van der Waals surface area contributed by atoms with Crippen molar-refractivity contribution in [1.82, 2.24) is 5.32 Å². The molecule has 0 saturated heterocycles. The predicted molar refractivity (Wildman–Crippen MR) is 83.5 cm³/mol. The number of hydrogen-bond donors (Lipinski definition) is 2. The molecule has 1 aromatic carbocycles. The Morgan fingerprint density at radius 1 is 1.24 bits per heavy atom. The molecule has 0 atom stereocenters. The first kappa shape index (κ1) is 16.2. The van der Waals surface area contributed by atoms with Gasteiger partial charge in [0.05, 0.1) is 17.3 Å². The van der Waals surface area contributed by atoms with E-state index in [0.717, 1.165) is 0 Å². The van der Waals surface area contributed by atoms with Crippen molar-refractivity contribution in [3.63, 3.8) is 0 Å². The smallest absolute Gasteiger partial charge is 0.265 e. The van der Waals surface area contributed by atoms with E-state index >= 15 is 0 Å². The number of hydrogen-bond acceptors (Lipinski definition) is 4. The molecule has 0 spiro atoms. The van der Waals surface area contributed by atoms with Gasteiger partial charge in [0.15, 0.2) is 0 Å². The van der Waals surface area contributed by atoms with Crippen LogP contribution in [0.4, 0.5) is 5.69 Å². The van der Waals surface area contributed by atoms with Crippen molar-refractivity contribution in [2.75, 3.05) is 11.8 Å². The lowest BCUT2D eigenvalue weighted by atomic mass is 10.3. The average molecular weight is 349 g/mol. The quantitative estimate of drug-likeness (QED) is 0.868. The Kier molecular flexibility index (Phi) is 4.83. The summed E-state index contributed by atoms with van der Waals surface area (Å²) in [6.45, 7) is 2.04. The second-order valence-corrected chi connectivity index (χ2v) is 6.89. The van der Waals surface area contributed by atoms with Gasteiger partial charge in [0.1, 0.15) is 16.4 Å². The first-order chi connectivity index (χ1) is 9.83. The third kappa shape index (κ3) is 3.71. The van der Waals surface area contributed by atoms with Crippen LogP contribution in [-0.4, -0.2) is 15.5 Å². The maximum atomic E-state index is 12.4. The molecule has 2 aromatic rings. The number of aryl methyl sites for hydroxylation is 1. The molecule has 0 saturated carbocycles. The van der Waals surface area contributed by atoms with Crippen molar-refractivity contribution in [1.29, 1.82) is 0 Å². The van der Waals surface area contributed by atoms with Crippen molar-refractivity contribution in [3.05, 3.63) is 45.8 Å². The lowest BCUT2D eigenvalue weighted by Gasteiger charge is -2.08. The lowest BCUT2D eigenvalue weighted by Crippen LogP contribution is -2.13. The molecule has 2 rings (SSSR count). The molecule has 0 aliphatic rings. The van der Waals surface area contributed by atoms with Crippen LogP contribution in [0.15, 0.2) is 33.6 Å². The molecule has 0 radical (unpaired) electrons. The number of benzene rings is 1. The summed E-state index contributed by atoms with van der Waals surface area (Å²) in [5.74, 6) is 0.857. The Hall–Kier alpha value is -1.21. The van der Waals surface area contributed by atoms with Crippen LogP contribution in [0.3, 0.4) is 0 Å². The maximum Gasteiger partial charge on any atom is 0.265 e. The van der Waals surface area contributed by atoms with Crippen LogP contribution in [0.25, 0.3) is 0 Å². The summed E-state index contributed by atoms with van der Waals surface area (Å²) in [5, 5.41) is 3.55. The third-order valence-corrected chi connectivity index (χ3v) is 4.76. The van der Waals surface area contributed by atoms with Gasteiger partial charge in [0.25, 0.3) is 10.0 Å². The van der Waals surface area contributed by atoms with E-state index in [1.807, 2.05) is 0 Å². The maximum absolute atomic E-state index is 12.4. The zero-order chi connectivity index (χ0) is 15.6. The fraction of sp³-hybridized carbons (Fsp3) is 0.231. The lowest BCUT2D eigenvalue weighted by molar-refractivity contribution is 0.466. The van der Waals surface area contributed by atoms with Gasteiger partial charge >= 0.3 is 0 Å². The van der Waals surface area contributed by atoms with E-state index in [1.165, 1.54) is 18.2 Å². The molecular weight excluding hydrogens is 335 g/mol. The minimum absolute atomic E-state index is 0.0822. The molecule has 0 aliphatic carbocycles. The highest BCUT2D eigenvalue weighted by molar-refractivity contribution is 7.92. The molecule has 114 valence electrons. The molecule has 0 fully saturated rings. The highest BCUT2D eigenvalue weighted by Gasteiger charge is 2.22. The fourth-order valence-corrected chi connectivity index (χ4v) is 3.62. The molecule has 0 aliphatic heterocycles. The number of sulfonamides is 1. The summed E-state index contributed by atoms with van der Waals surface area (Å²) < 4.78 is 32.6. The molecule has 2 N–H and O–H groups in total. The Labute approximate surface area is 133 Å². The van der Waals surface area contributed by atoms with Gasteiger partial charge in [-0.25, -0.2) is 8.42 Å². The third-order valence-electron chi connectivity index (χ3n) is 2.74. The molecule has 5 nitrogen and oxygen atoms in total. The molecule has 1 heterocycles. The van der Waals surface area contributed by atoms with E-state index in [-0.39, 0.29) is 15.6 Å². The minimum atomic E-state index is -3.78. The van der Waals surface area contributed by atoms with Crippen LogP contribution >= 0.6 is 23.2 Å². The van der Waals surface area contributed by atoms with Crippen LogP contribution in [0, 0.1) is 6.92 Å². The van der Waals surface area contributed by atoms with Gasteiger partial charge in [-0.15, -0.1) is 0 Å². The second-order valence-electron chi connectivity index (χ2n) is 4.39. The highest BCUT2D eigenvalue weighted by Crippen LogP contribution is 2.29. The van der Waals surface area contributed by atoms with Crippen molar-refractivity contribution in [2.24, 2.45) is 0 Å². The first-order valence-electron chi connectivity index (χ1n) is 6.05. The van der Waals surface area contributed by atoms with Gasteiger partial charge in [-0.3, -0.25) is 4.72 Å². The Balaban J connectivity index is 2.34. The van der Waals surface area contributed by atoms with Gasteiger partial charge < -0.3 is 9.73 Å². The molecule has 21 heavy (non-hydrogen) atoms. The number of rotatable bonds is 5. The molecule has 8 heteroatoms. The van der Waals surface area contributed by atoms with Gasteiger partial charge in [-0.2, -0.15) is 0 Å². The summed E-state index contributed by atoms with van der Waals surface area (Å²) in [4.78, 5) is 0.0822. The van der Waals surface area contributed by atoms with Crippen LogP contribution < -0.4 is 10.0 Å². The van der Waals surface area contributed by atoms with E-state index in [9.17, 15) is 8.42 Å². The van der Waals surface area contributed by atoms with E-state index in [4.69, 9.17) is 27.6 Å². The van der Waals surface area contributed by atoms with Crippen molar-refractivity contribution in [2.45, 2.75) is 18.4 Å².